The molecule has 0 saturated heterocycles. The van der Waals surface area contributed by atoms with Crippen molar-refractivity contribution in [3.63, 3.8) is 0 Å². The lowest BCUT2D eigenvalue weighted by Gasteiger charge is -2.11. The summed E-state index contributed by atoms with van der Waals surface area (Å²) in [6.45, 7) is 0. The number of aliphatic hydroxyl groups is 1. The maximum absolute atomic E-state index is 13.4. The number of halogens is 1. The highest BCUT2D eigenvalue weighted by molar-refractivity contribution is 5.45. The fraction of sp³-hybridized carbons (Fsp3) is 0.400. The summed E-state index contributed by atoms with van der Waals surface area (Å²) < 4.78 is 18.1. The smallest absolute Gasteiger partial charge is 0.163 e. The van der Waals surface area contributed by atoms with E-state index in [2.05, 4.69) is 0 Å². The average Bonchev–Trinajstić information content (AvgIpc) is 2.88. The van der Waals surface area contributed by atoms with Gasteiger partial charge in [-0.15, -0.1) is 0 Å². The fourth-order valence-corrected chi connectivity index (χ4v) is 1.45. The van der Waals surface area contributed by atoms with Crippen molar-refractivity contribution in [1.82, 2.24) is 0 Å². The van der Waals surface area contributed by atoms with Gasteiger partial charge in [-0.25, -0.2) is 4.39 Å². The van der Waals surface area contributed by atoms with Crippen LogP contribution >= 0.6 is 0 Å². The fourth-order valence-electron chi connectivity index (χ4n) is 1.45. The minimum atomic E-state index is -1.08. The number of ether oxygens (including phenoxy) is 1. The number of rotatable bonds is 2. The molecule has 3 nitrogen and oxygen atoms in total. The third-order valence-corrected chi connectivity index (χ3v) is 2.49. The van der Waals surface area contributed by atoms with Crippen molar-refractivity contribution >= 4 is 0 Å². The van der Waals surface area contributed by atoms with E-state index in [4.69, 9.17) is 4.74 Å². The first kappa shape index (κ1) is 9.27. The number of phenolic OH excluding ortho intramolecular Hbond substituents is 1. The van der Waals surface area contributed by atoms with Crippen LogP contribution in [0.1, 0.15) is 18.4 Å². The Kier molecular flexibility index (Phi) is 1.89. The van der Waals surface area contributed by atoms with E-state index in [1.165, 1.54) is 13.2 Å². The van der Waals surface area contributed by atoms with E-state index in [1.807, 2.05) is 0 Å². The molecule has 0 heterocycles. The van der Waals surface area contributed by atoms with Crippen LogP contribution in [0.25, 0.3) is 0 Å². The molecule has 14 heavy (non-hydrogen) atoms. The van der Waals surface area contributed by atoms with E-state index in [9.17, 15) is 14.6 Å². The molecule has 0 atom stereocenters. The predicted octanol–water partition coefficient (Wildman–Crippen LogP) is 1.52. The van der Waals surface area contributed by atoms with Crippen LogP contribution < -0.4 is 4.74 Å². The molecule has 2 rings (SSSR count). The summed E-state index contributed by atoms with van der Waals surface area (Å²) in [6, 6.07) is 2.31. The zero-order valence-electron chi connectivity index (χ0n) is 7.75. The summed E-state index contributed by atoms with van der Waals surface area (Å²) in [5.41, 5.74) is -0.927. The Hall–Kier alpha value is -1.29. The molecule has 2 N–H and O–H groups in total. The van der Waals surface area contributed by atoms with Crippen molar-refractivity contribution in [1.29, 1.82) is 0 Å². The van der Waals surface area contributed by atoms with Gasteiger partial charge in [-0.1, -0.05) is 0 Å². The monoisotopic (exact) mass is 198 g/mol. The van der Waals surface area contributed by atoms with Gasteiger partial charge in [0.1, 0.15) is 5.82 Å². The molecular weight excluding hydrogens is 187 g/mol. The van der Waals surface area contributed by atoms with Crippen molar-refractivity contribution in [3.8, 4) is 11.5 Å². The summed E-state index contributed by atoms with van der Waals surface area (Å²) >= 11 is 0. The number of benzene rings is 1. The minimum Gasteiger partial charge on any atom is -0.504 e. The molecule has 1 aliphatic rings. The predicted molar refractivity (Wildman–Crippen MR) is 47.7 cm³/mol. The van der Waals surface area contributed by atoms with Gasteiger partial charge in [0.05, 0.1) is 12.7 Å². The average molecular weight is 198 g/mol. The van der Waals surface area contributed by atoms with E-state index in [-0.39, 0.29) is 17.1 Å². The number of hydrogen-bond donors (Lipinski definition) is 2. The quantitative estimate of drug-likeness (QED) is 0.757. The van der Waals surface area contributed by atoms with Gasteiger partial charge in [0, 0.05) is 11.6 Å². The molecule has 0 unspecified atom stereocenters. The van der Waals surface area contributed by atoms with E-state index < -0.39 is 11.4 Å². The van der Waals surface area contributed by atoms with Gasteiger partial charge in [-0.3, -0.25) is 0 Å². The highest BCUT2D eigenvalue weighted by Gasteiger charge is 2.44. The lowest BCUT2D eigenvalue weighted by molar-refractivity contribution is 0.146. The topological polar surface area (TPSA) is 49.7 Å². The Morgan fingerprint density at radius 1 is 1.43 bits per heavy atom. The minimum absolute atomic E-state index is 0.0792. The van der Waals surface area contributed by atoms with E-state index in [0.717, 1.165) is 6.07 Å². The summed E-state index contributed by atoms with van der Waals surface area (Å²) in [6.07, 6.45) is 1.07. The van der Waals surface area contributed by atoms with Gasteiger partial charge in [0.25, 0.3) is 0 Å². The van der Waals surface area contributed by atoms with Crippen LogP contribution in [0, 0.1) is 5.82 Å². The Balaban J connectivity index is 2.48. The molecule has 1 aromatic carbocycles. The van der Waals surface area contributed by atoms with E-state index in [1.54, 1.807) is 0 Å². The third kappa shape index (κ3) is 1.32. The highest BCUT2D eigenvalue weighted by Crippen LogP contribution is 2.48. The Morgan fingerprint density at radius 3 is 2.57 bits per heavy atom. The van der Waals surface area contributed by atoms with Gasteiger partial charge >= 0.3 is 0 Å². The van der Waals surface area contributed by atoms with Crippen LogP contribution in [-0.4, -0.2) is 17.3 Å². The van der Waals surface area contributed by atoms with Crippen molar-refractivity contribution < 1.29 is 19.3 Å². The summed E-state index contributed by atoms with van der Waals surface area (Å²) in [7, 11) is 1.35. The second-order valence-electron chi connectivity index (χ2n) is 3.54. The van der Waals surface area contributed by atoms with Gasteiger partial charge < -0.3 is 14.9 Å². The SMILES string of the molecule is COc1cc(F)c(C2(O)CC2)cc1O. The van der Waals surface area contributed by atoms with Crippen LogP contribution in [0.2, 0.25) is 0 Å². The first-order valence-electron chi connectivity index (χ1n) is 4.36. The molecule has 76 valence electrons. The van der Waals surface area contributed by atoms with Crippen LogP contribution in [-0.2, 0) is 5.60 Å². The molecule has 0 bridgehead atoms. The van der Waals surface area contributed by atoms with Crippen molar-refractivity contribution in [2.75, 3.05) is 7.11 Å². The molecule has 0 radical (unpaired) electrons. The van der Waals surface area contributed by atoms with Gasteiger partial charge in [-0.05, 0) is 18.9 Å². The molecule has 1 aromatic rings. The summed E-state index contributed by atoms with van der Waals surface area (Å²) in [5.74, 6) is -0.612. The van der Waals surface area contributed by atoms with Gasteiger partial charge in [-0.2, -0.15) is 0 Å². The largest absolute Gasteiger partial charge is 0.504 e. The maximum atomic E-state index is 13.4. The molecule has 0 amide bonds. The zero-order valence-corrected chi connectivity index (χ0v) is 7.75. The first-order chi connectivity index (χ1) is 6.57. The first-order valence-corrected chi connectivity index (χ1v) is 4.36. The van der Waals surface area contributed by atoms with Crippen molar-refractivity contribution in [2.45, 2.75) is 18.4 Å². The number of hydrogen-bond acceptors (Lipinski definition) is 3. The molecule has 1 fully saturated rings. The molecule has 0 aromatic heterocycles. The van der Waals surface area contributed by atoms with E-state index in [0.29, 0.717) is 12.8 Å². The maximum Gasteiger partial charge on any atom is 0.163 e. The number of aromatic hydroxyl groups is 1. The lowest BCUT2D eigenvalue weighted by Crippen LogP contribution is -2.07. The Labute approximate surface area is 80.8 Å². The van der Waals surface area contributed by atoms with Crippen LogP contribution in [0.5, 0.6) is 11.5 Å². The second kappa shape index (κ2) is 2.85. The standard InChI is InChI=1S/C10H11FO3/c1-14-9-5-7(11)6(4-8(9)12)10(13)2-3-10/h4-5,12-13H,2-3H2,1H3. The lowest BCUT2D eigenvalue weighted by atomic mass is 10.1. The van der Waals surface area contributed by atoms with E-state index >= 15 is 0 Å². The zero-order chi connectivity index (χ0) is 10.3. The number of phenols is 1. The van der Waals surface area contributed by atoms with Crippen LogP contribution in [0.4, 0.5) is 4.39 Å². The van der Waals surface area contributed by atoms with Crippen molar-refractivity contribution in [2.24, 2.45) is 0 Å². The van der Waals surface area contributed by atoms with Crippen molar-refractivity contribution in [3.05, 3.63) is 23.5 Å². The summed E-state index contributed by atoms with van der Waals surface area (Å²) in [4.78, 5) is 0. The highest BCUT2D eigenvalue weighted by atomic mass is 19.1. The molecule has 4 heteroatoms. The molecule has 0 aliphatic heterocycles. The summed E-state index contributed by atoms with van der Waals surface area (Å²) in [5, 5.41) is 19.1. The Morgan fingerprint density at radius 2 is 2.07 bits per heavy atom. The molecule has 0 spiro atoms. The third-order valence-electron chi connectivity index (χ3n) is 2.49. The van der Waals surface area contributed by atoms with Gasteiger partial charge in [0.15, 0.2) is 11.5 Å². The van der Waals surface area contributed by atoms with Crippen LogP contribution in [0.15, 0.2) is 12.1 Å². The number of methoxy groups -OCH3 is 1. The van der Waals surface area contributed by atoms with Crippen LogP contribution in [0.3, 0.4) is 0 Å². The molecule has 1 aliphatic carbocycles. The normalized spacial score (nSPS) is 17.9. The molecule has 1 saturated carbocycles. The van der Waals surface area contributed by atoms with Gasteiger partial charge in [0.2, 0.25) is 0 Å². The second-order valence-corrected chi connectivity index (χ2v) is 3.54. The Bertz CT molecular complexity index is 372. The molecular formula is C10H11FO3.